The highest BCUT2D eigenvalue weighted by Gasteiger charge is 2.14. The topological polar surface area (TPSA) is 79.3 Å². The van der Waals surface area contributed by atoms with E-state index < -0.39 is 5.97 Å². The SMILES string of the molecule is Cc1nc(-c2cccs2)ccc1C(=O)NCC(C)CC(=O)O. The maximum Gasteiger partial charge on any atom is 0.303 e. The Kier molecular flexibility index (Phi) is 5.27. The minimum atomic E-state index is -0.861. The van der Waals surface area contributed by atoms with Gasteiger partial charge in [-0.1, -0.05) is 13.0 Å². The van der Waals surface area contributed by atoms with Gasteiger partial charge in [0.2, 0.25) is 0 Å². The highest BCUT2D eigenvalue weighted by molar-refractivity contribution is 7.13. The summed E-state index contributed by atoms with van der Waals surface area (Å²) in [6, 6.07) is 7.53. The Morgan fingerprint density at radius 1 is 1.36 bits per heavy atom. The predicted octanol–water partition coefficient (Wildman–Crippen LogP) is 2.96. The normalized spacial score (nSPS) is 11.9. The molecule has 2 heterocycles. The van der Waals surface area contributed by atoms with E-state index in [0.717, 1.165) is 10.6 Å². The van der Waals surface area contributed by atoms with Gasteiger partial charge in [0.15, 0.2) is 0 Å². The summed E-state index contributed by atoms with van der Waals surface area (Å²) in [6.07, 6.45) is 0.0365. The van der Waals surface area contributed by atoms with Gasteiger partial charge in [-0.25, -0.2) is 0 Å². The van der Waals surface area contributed by atoms with E-state index in [-0.39, 0.29) is 18.2 Å². The van der Waals surface area contributed by atoms with Crippen LogP contribution in [-0.4, -0.2) is 28.5 Å². The molecule has 116 valence electrons. The molecule has 0 spiro atoms. The fourth-order valence-corrected chi connectivity index (χ4v) is 2.79. The van der Waals surface area contributed by atoms with E-state index in [1.807, 2.05) is 23.6 Å². The van der Waals surface area contributed by atoms with Crippen molar-refractivity contribution in [2.45, 2.75) is 20.3 Å². The molecule has 2 rings (SSSR count). The Bertz CT molecular complexity index is 668. The number of carboxylic acids is 1. The molecule has 0 aliphatic carbocycles. The number of rotatable bonds is 6. The summed E-state index contributed by atoms with van der Waals surface area (Å²) >= 11 is 1.60. The van der Waals surface area contributed by atoms with Crippen molar-refractivity contribution in [2.75, 3.05) is 6.54 Å². The molecule has 0 saturated carbocycles. The molecule has 0 saturated heterocycles. The Hall–Kier alpha value is -2.21. The molecule has 22 heavy (non-hydrogen) atoms. The first-order valence-electron chi connectivity index (χ1n) is 6.99. The number of aryl methyl sites for hydroxylation is 1. The molecule has 1 amide bonds. The second kappa shape index (κ2) is 7.17. The van der Waals surface area contributed by atoms with Crippen LogP contribution in [0.2, 0.25) is 0 Å². The fraction of sp³-hybridized carbons (Fsp3) is 0.312. The van der Waals surface area contributed by atoms with Gasteiger partial charge >= 0.3 is 5.97 Å². The van der Waals surface area contributed by atoms with Crippen LogP contribution in [0, 0.1) is 12.8 Å². The van der Waals surface area contributed by atoms with Gasteiger partial charge in [0.05, 0.1) is 21.8 Å². The smallest absolute Gasteiger partial charge is 0.303 e. The third kappa shape index (κ3) is 4.14. The first-order chi connectivity index (χ1) is 10.5. The molecule has 6 heteroatoms. The second-order valence-corrected chi connectivity index (χ2v) is 6.17. The van der Waals surface area contributed by atoms with Gasteiger partial charge in [-0.3, -0.25) is 14.6 Å². The number of aromatic nitrogens is 1. The van der Waals surface area contributed by atoms with E-state index in [1.54, 1.807) is 31.3 Å². The van der Waals surface area contributed by atoms with Gasteiger partial charge in [0, 0.05) is 13.0 Å². The fourth-order valence-electron chi connectivity index (χ4n) is 2.09. The molecule has 0 aliphatic heterocycles. The summed E-state index contributed by atoms with van der Waals surface area (Å²) in [7, 11) is 0. The molecule has 1 unspecified atom stereocenters. The predicted molar refractivity (Wildman–Crippen MR) is 86.0 cm³/mol. The maximum atomic E-state index is 12.2. The summed E-state index contributed by atoms with van der Waals surface area (Å²) < 4.78 is 0. The quantitative estimate of drug-likeness (QED) is 0.858. The van der Waals surface area contributed by atoms with E-state index in [9.17, 15) is 9.59 Å². The number of hydrogen-bond donors (Lipinski definition) is 2. The highest BCUT2D eigenvalue weighted by Crippen LogP contribution is 2.23. The van der Waals surface area contributed by atoms with Crippen LogP contribution in [0.15, 0.2) is 29.6 Å². The van der Waals surface area contributed by atoms with Crippen molar-refractivity contribution in [1.82, 2.24) is 10.3 Å². The van der Waals surface area contributed by atoms with Gasteiger partial charge < -0.3 is 10.4 Å². The molecule has 0 aliphatic rings. The summed E-state index contributed by atoms with van der Waals surface area (Å²) in [5, 5.41) is 13.5. The lowest BCUT2D eigenvalue weighted by Crippen LogP contribution is -2.29. The van der Waals surface area contributed by atoms with Crippen LogP contribution in [-0.2, 0) is 4.79 Å². The number of aliphatic carboxylic acids is 1. The zero-order chi connectivity index (χ0) is 16.1. The Balaban J connectivity index is 2.03. The van der Waals surface area contributed by atoms with Gasteiger partial charge in [-0.05, 0) is 36.4 Å². The lowest BCUT2D eigenvalue weighted by atomic mass is 10.1. The number of nitrogens with one attached hydrogen (secondary N) is 1. The van der Waals surface area contributed by atoms with Gasteiger partial charge in [0.25, 0.3) is 5.91 Å². The van der Waals surface area contributed by atoms with Crippen molar-refractivity contribution < 1.29 is 14.7 Å². The molecule has 0 bridgehead atoms. The minimum absolute atomic E-state index is 0.0365. The number of carbonyl (C=O) groups is 2. The van der Waals surface area contributed by atoms with E-state index in [4.69, 9.17) is 5.11 Å². The zero-order valence-corrected chi connectivity index (χ0v) is 13.3. The Morgan fingerprint density at radius 3 is 2.73 bits per heavy atom. The number of amides is 1. The third-order valence-electron chi connectivity index (χ3n) is 3.24. The van der Waals surface area contributed by atoms with Crippen LogP contribution in [0.3, 0.4) is 0 Å². The number of thiophene rings is 1. The first kappa shape index (κ1) is 16.2. The van der Waals surface area contributed by atoms with Gasteiger partial charge in [-0.15, -0.1) is 11.3 Å². The molecular formula is C16H18N2O3S. The average Bonchev–Trinajstić information content (AvgIpc) is 2.98. The van der Waals surface area contributed by atoms with Crippen LogP contribution in [0.1, 0.15) is 29.4 Å². The van der Waals surface area contributed by atoms with Gasteiger partial charge in [-0.2, -0.15) is 0 Å². The van der Waals surface area contributed by atoms with Crippen LogP contribution in [0.25, 0.3) is 10.6 Å². The lowest BCUT2D eigenvalue weighted by molar-refractivity contribution is -0.137. The standard InChI is InChI=1S/C16H18N2O3S/c1-10(8-15(19)20)9-17-16(21)12-5-6-13(18-11(12)2)14-4-3-7-22-14/h3-7,10H,8-9H2,1-2H3,(H,17,21)(H,19,20). The summed E-state index contributed by atoms with van der Waals surface area (Å²) in [5.41, 5.74) is 2.03. The van der Waals surface area contributed by atoms with Crippen LogP contribution in [0.4, 0.5) is 0 Å². The number of nitrogens with zero attached hydrogens (tertiary/aromatic N) is 1. The summed E-state index contributed by atoms with van der Waals surface area (Å²) in [4.78, 5) is 28.3. The molecule has 2 aromatic heterocycles. The molecule has 5 nitrogen and oxygen atoms in total. The van der Waals surface area contributed by atoms with Crippen LogP contribution in [0.5, 0.6) is 0 Å². The molecule has 2 aromatic rings. The van der Waals surface area contributed by atoms with E-state index in [1.165, 1.54) is 0 Å². The number of hydrogen-bond acceptors (Lipinski definition) is 4. The van der Waals surface area contributed by atoms with Crippen molar-refractivity contribution in [3.8, 4) is 10.6 Å². The first-order valence-corrected chi connectivity index (χ1v) is 7.87. The Labute approximate surface area is 133 Å². The molecule has 0 fully saturated rings. The van der Waals surface area contributed by atoms with Gasteiger partial charge in [0.1, 0.15) is 0 Å². The van der Waals surface area contributed by atoms with E-state index in [2.05, 4.69) is 10.3 Å². The highest BCUT2D eigenvalue weighted by atomic mass is 32.1. The van der Waals surface area contributed by atoms with Crippen molar-refractivity contribution >= 4 is 23.2 Å². The summed E-state index contributed by atoms with van der Waals surface area (Å²) in [6.45, 7) is 3.92. The number of carboxylic acid groups (broad SMARTS) is 1. The molecule has 0 radical (unpaired) electrons. The van der Waals surface area contributed by atoms with Crippen LogP contribution < -0.4 is 5.32 Å². The Morgan fingerprint density at radius 2 is 2.14 bits per heavy atom. The van der Waals surface area contributed by atoms with E-state index >= 15 is 0 Å². The number of pyridine rings is 1. The minimum Gasteiger partial charge on any atom is -0.481 e. The second-order valence-electron chi connectivity index (χ2n) is 5.22. The van der Waals surface area contributed by atoms with Crippen molar-refractivity contribution in [2.24, 2.45) is 5.92 Å². The number of carbonyl (C=O) groups excluding carboxylic acids is 1. The van der Waals surface area contributed by atoms with Crippen molar-refractivity contribution in [3.05, 3.63) is 40.9 Å². The summed E-state index contributed by atoms with van der Waals surface area (Å²) in [5.74, 6) is -1.19. The molecular weight excluding hydrogens is 300 g/mol. The van der Waals surface area contributed by atoms with Crippen molar-refractivity contribution in [3.63, 3.8) is 0 Å². The van der Waals surface area contributed by atoms with Crippen LogP contribution >= 0.6 is 11.3 Å². The maximum absolute atomic E-state index is 12.2. The average molecular weight is 318 g/mol. The molecule has 0 aromatic carbocycles. The zero-order valence-electron chi connectivity index (χ0n) is 12.5. The lowest BCUT2D eigenvalue weighted by Gasteiger charge is -2.12. The van der Waals surface area contributed by atoms with Crippen molar-refractivity contribution in [1.29, 1.82) is 0 Å². The van der Waals surface area contributed by atoms with E-state index in [0.29, 0.717) is 17.8 Å². The monoisotopic (exact) mass is 318 g/mol. The molecule has 2 N–H and O–H groups in total. The largest absolute Gasteiger partial charge is 0.481 e. The third-order valence-corrected chi connectivity index (χ3v) is 4.13. The molecule has 1 atom stereocenters.